The number of nitrogens with zero attached hydrogens (tertiary/aromatic N) is 1. The zero-order valence-corrected chi connectivity index (χ0v) is 18.1. The first-order chi connectivity index (χ1) is 15.5. The van der Waals surface area contributed by atoms with E-state index in [1.54, 1.807) is 12.1 Å². The molecule has 2 aliphatic rings. The van der Waals surface area contributed by atoms with Crippen LogP contribution in [0, 0.1) is 0 Å². The van der Waals surface area contributed by atoms with Crippen LogP contribution in [-0.2, 0) is 27.0 Å². The van der Waals surface area contributed by atoms with Crippen molar-refractivity contribution in [2.24, 2.45) is 0 Å². The molecule has 0 spiro atoms. The summed E-state index contributed by atoms with van der Waals surface area (Å²) in [5.41, 5.74) is 1.74. The Morgan fingerprint density at radius 1 is 1.03 bits per heavy atom. The zero-order chi connectivity index (χ0) is 24.0. The smallest absolute Gasteiger partial charge is 0.283 e. The number of anilines is 2. The van der Waals surface area contributed by atoms with E-state index in [4.69, 9.17) is 0 Å². The third-order valence-corrected chi connectivity index (χ3v) is 6.97. The molecular weight excluding hydrogens is 467 g/mol. The molecular formula is C22H21F5N2O3S. The van der Waals surface area contributed by atoms with Gasteiger partial charge >= 0.3 is 12.3 Å². The zero-order valence-electron chi connectivity index (χ0n) is 17.3. The first-order valence-electron chi connectivity index (χ1n) is 10.3. The lowest BCUT2D eigenvalue weighted by molar-refractivity contribution is -0.173. The standard InChI is InChI=1S/C22H21F5N2O3S/c23-20(24)22(26,27)21(25)29-18-9-8-17(11-16(18)7-10-19(29)30)28-33(31,32)12-13-1-3-14(4-2-13)15-5-6-15/h1-4,8-9,11,15,20-21,28H,5-7,10,12H2. The maximum atomic E-state index is 14.3. The van der Waals surface area contributed by atoms with Crippen molar-refractivity contribution < 1.29 is 35.2 Å². The number of nitrogens with one attached hydrogen (secondary N) is 1. The molecule has 1 atom stereocenters. The Hall–Kier alpha value is -2.69. The molecule has 11 heteroatoms. The monoisotopic (exact) mass is 488 g/mol. The van der Waals surface area contributed by atoms with Gasteiger partial charge in [-0.15, -0.1) is 0 Å². The number of sulfonamides is 1. The Balaban J connectivity index is 1.52. The SMILES string of the molecule is O=C1CCc2cc(NS(=O)(=O)Cc3ccc(C4CC4)cc3)ccc2N1C(F)C(F)(F)C(F)F. The van der Waals surface area contributed by atoms with E-state index in [-0.39, 0.29) is 40.4 Å². The number of halogens is 5. The highest BCUT2D eigenvalue weighted by Gasteiger charge is 2.54. The van der Waals surface area contributed by atoms with Crippen LogP contribution in [0.1, 0.15) is 41.9 Å². The van der Waals surface area contributed by atoms with Crippen LogP contribution in [-0.4, -0.2) is 33.0 Å². The molecule has 1 heterocycles. The summed E-state index contributed by atoms with van der Waals surface area (Å²) in [5.74, 6) is -5.87. The van der Waals surface area contributed by atoms with Gasteiger partial charge < -0.3 is 0 Å². The van der Waals surface area contributed by atoms with Crippen molar-refractivity contribution >= 4 is 27.3 Å². The fraction of sp³-hybridized carbons (Fsp3) is 0.409. The minimum Gasteiger partial charge on any atom is -0.283 e. The predicted molar refractivity (Wildman–Crippen MR) is 113 cm³/mol. The number of hydrogen-bond donors (Lipinski definition) is 1. The lowest BCUT2D eigenvalue weighted by Gasteiger charge is -2.35. The van der Waals surface area contributed by atoms with Crippen molar-refractivity contribution in [3.05, 3.63) is 59.2 Å². The first kappa shape index (κ1) is 23.5. The van der Waals surface area contributed by atoms with Gasteiger partial charge in [0.2, 0.25) is 22.2 Å². The van der Waals surface area contributed by atoms with Crippen LogP contribution in [0.3, 0.4) is 0 Å². The van der Waals surface area contributed by atoms with Crippen LogP contribution in [0.2, 0.25) is 0 Å². The van der Waals surface area contributed by atoms with E-state index in [0.29, 0.717) is 11.5 Å². The number of rotatable bonds is 8. The maximum Gasteiger partial charge on any atom is 0.356 e. The van der Waals surface area contributed by atoms with Crippen LogP contribution in [0.25, 0.3) is 0 Å². The molecule has 2 aromatic rings. The average Bonchev–Trinajstić information content (AvgIpc) is 3.58. The van der Waals surface area contributed by atoms with Gasteiger partial charge in [0.1, 0.15) is 0 Å². The summed E-state index contributed by atoms with van der Waals surface area (Å²) in [7, 11) is -3.83. The Bertz CT molecular complexity index is 1150. The van der Waals surface area contributed by atoms with Gasteiger partial charge in [0.15, 0.2) is 0 Å². The van der Waals surface area contributed by atoms with Crippen molar-refractivity contribution in [1.82, 2.24) is 0 Å². The minimum absolute atomic E-state index is 0.0185. The van der Waals surface area contributed by atoms with E-state index in [1.807, 2.05) is 12.1 Å². The second-order valence-corrected chi connectivity index (χ2v) is 10.0. The molecule has 4 rings (SSSR count). The Labute approximate surface area is 187 Å². The Morgan fingerprint density at radius 2 is 1.70 bits per heavy atom. The molecule has 0 saturated heterocycles. The van der Waals surface area contributed by atoms with Gasteiger partial charge in [0.25, 0.3) is 0 Å². The van der Waals surface area contributed by atoms with E-state index in [0.717, 1.165) is 18.9 Å². The van der Waals surface area contributed by atoms with Gasteiger partial charge in [0.05, 0.1) is 11.4 Å². The number of carbonyl (C=O) groups excluding carboxylic acids is 1. The first-order valence-corrected chi connectivity index (χ1v) is 12.0. The number of amides is 1. The molecule has 178 valence electrons. The van der Waals surface area contributed by atoms with Gasteiger partial charge in [0, 0.05) is 12.1 Å². The second kappa shape index (κ2) is 8.58. The second-order valence-electron chi connectivity index (χ2n) is 8.30. The molecule has 1 aliphatic heterocycles. The molecule has 1 amide bonds. The number of carbonyl (C=O) groups is 1. The molecule has 33 heavy (non-hydrogen) atoms. The van der Waals surface area contributed by atoms with Gasteiger partial charge in [-0.2, -0.15) is 8.78 Å². The molecule has 0 bridgehead atoms. The van der Waals surface area contributed by atoms with Gasteiger partial charge in [-0.1, -0.05) is 24.3 Å². The summed E-state index contributed by atoms with van der Waals surface area (Å²) in [6.07, 6.45) is -5.95. The average molecular weight is 488 g/mol. The molecule has 0 aromatic heterocycles. The number of aryl methyl sites for hydroxylation is 1. The van der Waals surface area contributed by atoms with Crippen LogP contribution < -0.4 is 9.62 Å². The number of hydrogen-bond acceptors (Lipinski definition) is 3. The molecule has 1 aliphatic carbocycles. The number of alkyl halides is 5. The molecule has 1 N–H and O–H groups in total. The van der Waals surface area contributed by atoms with Crippen molar-refractivity contribution in [2.75, 3.05) is 9.62 Å². The van der Waals surface area contributed by atoms with Crippen molar-refractivity contribution in [3.63, 3.8) is 0 Å². The quantitative estimate of drug-likeness (QED) is 0.421. The Morgan fingerprint density at radius 3 is 2.30 bits per heavy atom. The molecule has 5 nitrogen and oxygen atoms in total. The fourth-order valence-electron chi connectivity index (χ4n) is 3.84. The van der Waals surface area contributed by atoms with E-state index >= 15 is 0 Å². The molecule has 1 saturated carbocycles. The van der Waals surface area contributed by atoms with Crippen LogP contribution in [0.15, 0.2) is 42.5 Å². The van der Waals surface area contributed by atoms with Crippen LogP contribution >= 0.6 is 0 Å². The lowest BCUT2D eigenvalue weighted by Crippen LogP contribution is -2.53. The predicted octanol–water partition coefficient (Wildman–Crippen LogP) is 4.98. The highest BCUT2D eigenvalue weighted by Crippen LogP contribution is 2.40. The Kier molecular flexibility index (Phi) is 6.10. The minimum atomic E-state index is -5.06. The fourth-order valence-corrected chi connectivity index (χ4v) is 5.03. The third-order valence-electron chi connectivity index (χ3n) is 5.71. The largest absolute Gasteiger partial charge is 0.356 e. The van der Waals surface area contributed by atoms with Crippen molar-refractivity contribution in [3.8, 4) is 0 Å². The highest BCUT2D eigenvalue weighted by atomic mass is 32.2. The normalized spacial score (nSPS) is 17.8. The lowest BCUT2D eigenvalue weighted by atomic mass is 9.99. The molecule has 0 radical (unpaired) electrons. The van der Waals surface area contributed by atoms with Crippen molar-refractivity contribution in [2.45, 2.75) is 56.0 Å². The summed E-state index contributed by atoms with van der Waals surface area (Å²) >= 11 is 0. The molecule has 1 unspecified atom stereocenters. The van der Waals surface area contributed by atoms with E-state index in [9.17, 15) is 35.2 Å². The number of fused-ring (bicyclic) bond motifs is 1. The van der Waals surface area contributed by atoms with E-state index in [1.165, 1.54) is 17.7 Å². The number of benzene rings is 2. The van der Waals surface area contributed by atoms with E-state index < -0.39 is 34.6 Å². The topological polar surface area (TPSA) is 66.5 Å². The van der Waals surface area contributed by atoms with Gasteiger partial charge in [-0.3, -0.25) is 14.4 Å². The van der Waals surface area contributed by atoms with Crippen molar-refractivity contribution in [1.29, 1.82) is 0 Å². The summed E-state index contributed by atoms with van der Waals surface area (Å²) < 4.78 is 94.2. The van der Waals surface area contributed by atoms with Gasteiger partial charge in [-0.25, -0.2) is 21.6 Å². The van der Waals surface area contributed by atoms with Gasteiger partial charge in [-0.05, 0) is 60.1 Å². The molecule has 2 aromatic carbocycles. The highest BCUT2D eigenvalue weighted by molar-refractivity contribution is 7.91. The van der Waals surface area contributed by atoms with Crippen LogP contribution in [0.4, 0.5) is 33.3 Å². The summed E-state index contributed by atoms with van der Waals surface area (Å²) in [6.45, 7) is 0. The summed E-state index contributed by atoms with van der Waals surface area (Å²) in [5, 5.41) is 0. The van der Waals surface area contributed by atoms with E-state index in [2.05, 4.69) is 4.72 Å². The maximum absolute atomic E-state index is 14.3. The summed E-state index contributed by atoms with van der Waals surface area (Å²) in [4.78, 5) is 12.1. The third kappa shape index (κ3) is 4.97. The van der Waals surface area contributed by atoms with Crippen LogP contribution in [0.5, 0.6) is 0 Å². The molecule has 1 fully saturated rings. The summed E-state index contributed by atoms with van der Waals surface area (Å²) in [6, 6.07) is 10.8.